The van der Waals surface area contributed by atoms with Crippen LogP contribution in [0.4, 0.5) is 5.69 Å². The summed E-state index contributed by atoms with van der Waals surface area (Å²) >= 11 is 0. The molecule has 2 aromatic rings. The van der Waals surface area contributed by atoms with Crippen LogP contribution in [-0.2, 0) is 16.6 Å². The number of hydrogen-bond donors (Lipinski definition) is 1. The largest absolute Gasteiger partial charge is 0.330 e. The van der Waals surface area contributed by atoms with Gasteiger partial charge in [0.1, 0.15) is 0 Å². The van der Waals surface area contributed by atoms with Crippen molar-refractivity contribution in [2.24, 2.45) is 5.73 Å². The average Bonchev–Trinajstić information content (AvgIpc) is 2.58. The fourth-order valence-electron chi connectivity index (χ4n) is 2.58. The van der Waals surface area contributed by atoms with E-state index in [9.17, 15) is 18.5 Å². The average molecular weight is 400 g/mol. The zero-order chi connectivity index (χ0) is 18.4. The van der Waals surface area contributed by atoms with Gasteiger partial charge < -0.3 is 5.73 Å². The van der Waals surface area contributed by atoms with Crippen molar-refractivity contribution in [3.63, 3.8) is 0 Å². The highest BCUT2D eigenvalue weighted by atomic mass is 35.5. The second-order valence-electron chi connectivity index (χ2n) is 5.65. The Bertz CT molecular complexity index is 844. The first-order valence-corrected chi connectivity index (χ1v) is 9.30. The predicted molar refractivity (Wildman–Crippen MR) is 103 cm³/mol. The Kier molecular flexibility index (Phi) is 8.16. The van der Waals surface area contributed by atoms with Crippen LogP contribution in [0.15, 0.2) is 53.4 Å². The fraction of sp³-hybridized carbons (Fsp3) is 0.294. The second kappa shape index (κ2) is 9.63. The third kappa shape index (κ3) is 5.01. The van der Waals surface area contributed by atoms with Gasteiger partial charge in [-0.3, -0.25) is 10.1 Å². The molecule has 2 rings (SSSR count). The SMILES string of the molecule is Cc1cccc([N+](=O)[O-])c1S(=O)(=O)N(CCCN)Cc1ccccc1.Cl. The molecule has 2 aromatic carbocycles. The highest BCUT2D eigenvalue weighted by Gasteiger charge is 2.33. The van der Waals surface area contributed by atoms with Gasteiger partial charge in [-0.05, 0) is 31.0 Å². The number of halogens is 1. The number of nitro benzene ring substituents is 1. The molecule has 7 nitrogen and oxygen atoms in total. The van der Waals surface area contributed by atoms with Crippen LogP contribution in [0.3, 0.4) is 0 Å². The van der Waals surface area contributed by atoms with E-state index >= 15 is 0 Å². The smallest absolute Gasteiger partial charge is 0.289 e. The molecule has 9 heteroatoms. The highest BCUT2D eigenvalue weighted by molar-refractivity contribution is 7.89. The van der Waals surface area contributed by atoms with E-state index in [4.69, 9.17) is 5.73 Å². The first-order valence-electron chi connectivity index (χ1n) is 7.86. The van der Waals surface area contributed by atoms with Gasteiger partial charge in [-0.25, -0.2) is 8.42 Å². The second-order valence-corrected chi connectivity index (χ2v) is 7.52. The van der Waals surface area contributed by atoms with Crippen LogP contribution < -0.4 is 5.73 Å². The number of aryl methyl sites for hydroxylation is 1. The van der Waals surface area contributed by atoms with Gasteiger partial charge in [0.2, 0.25) is 10.0 Å². The maximum absolute atomic E-state index is 13.2. The zero-order valence-corrected chi connectivity index (χ0v) is 16.0. The summed E-state index contributed by atoms with van der Waals surface area (Å²) < 4.78 is 27.6. The molecular formula is C17H22ClN3O4S. The van der Waals surface area contributed by atoms with Gasteiger partial charge in [-0.2, -0.15) is 4.31 Å². The van der Waals surface area contributed by atoms with Crippen molar-refractivity contribution >= 4 is 28.1 Å². The zero-order valence-electron chi connectivity index (χ0n) is 14.4. The minimum absolute atomic E-state index is 0. The van der Waals surface area contributed by atoms with E-state index in [-0.39, 0.29) is 30.4 Å². The van der Waals surface area contributed by atoms with Crippen molar-refractivity contribution in [1.82, 2.24) is 4.31 Å². The third-order valence-electron chi connectivity index (χ3n) is 3.80. The van der Waals surface area contributed by atoms with Crippen LogP contribution in [-0.4, -0.2) is 30.7 Å². The van der Waals surface area contributed by atoms with E-state index in [1.54, 1.807) is 13.0 Å². The molecule has 0 aromatic heterocycles. The quantitative estimate of drug-likeness (QED) is 0.542. The lowest BCUT2D eigenvalue weighted by Gasteiger charge is -2.23. The van der Waals surface area contributed by atoms with E-state index in [1.165, 1.54) is 16.4 Å². The van der Waals surface area contributed by atoms with Crippen molar-refractivity contribution in [2.45, 2.75) is 24.8 Å². The molecule has 0 unspecified atom stereocenters. The summed E-state index contributed by atoms with van der Waals surface area (Å²) in [6.07, 6.45) is 0.464. The number of rotatable bonds is 8. The molecule has 0 fully saturated rings. The molecule has 0 aliphatic rings. The number of sulfonamides is 1. The first kappa shape index (κ1) is 22.0. The molecule has 0 amide bonds. The summed E-state index contributed by atoms with van der Waals surface area (Å²) in [4.78, 5) is 10.4. The monoisotopic (exact) mass is 399 g/mol. The van der Waals surface area contributed by atoms with E-state index < -0.39 is 20.6 Å². The number of nitrogens with two attached hydrogens (primary N) is 1. The van der Waals surface area contributed by atoms with Gasteiger partial charge >= 0.3 is 0 Å². The van der Waals surface area contributed by atoms with E-state index in [0.29, 0.717) is 18.5 Å². The first-order chi connectivity index (χ1) is 11.9. The minimum atomic E-state index is -4.04. The summed E-state index contributed by atoms with van der Waals surface area (Å²) in [7, 11) is -4.04. The number of hydrogen-bond acceptors (Lipinski definition) is 5. The molecule has 0 bridgehead atoms. The van der Waals surface area contributed by atoms with E-state index in [2.05, 4.69) is 0 Å². The van der Waals surface area contributed by atoms with Crippen LogP contribution in [0.2, 0.25) is 0 Å². The Morgan fingerprint density at radius 3 is 2.35 bits per heavy atom. The molecule has 0 aliphatic heterocycles. The molecule has 0 saturated carbocycles. The number of benzene rings is 2. The van der Waals surface area contributed by atoms with Gasteiger partial charge in [0.05, 0.1) is 4.92 Å². The molecule has 0 spiro atoms. The van der Waals surface area contributed by atoms with E-state index in [1.807, 2.05) is 30.3 Å². The molecule has 2 N–H and O–H groups in total. The summed E-state index contributed by atoms with van der Waals surface area (Å²) in [6.45, 7) is 2.22. The van der Waals surface area contributed by atoms with Crippen LogP contribution >= 0.6 is 12.4 Å². The Labute approximate surface area is 159 Å². The molecule has 0 radical (unpaired) electrons. The molecular weight excluding hydrogens is 378 g/mol. The molecule has 0 saturated heterocycles. The minimum Gasteiger partial charge on any atom is -0.330 e. The van der Waals surface area contributed by atoms with Crippen LogP contribution in [0.25, 0.3) is 0 Å². The number of nitrogens with zero attached hydrogens (tertiary/aromatic N) is 2. The fourth-order valence-corrected chi connectivity index (χ4v) is 4.41. The summed E-state index contributed by atoms with van der Waals surface area (Å²) in [5.74, 6) is 0. The van der Waals surface area contributed by atoms with Crippen LogP contribution in [0, 0.1) is 17.0 Å². The van der Waals surface area contributed by atoms with Crippen molar-refractivity contribution in [2.75, 3.05) is 13.1 Å². The molecule has 142 valence electrons. The van der Waals surface area contributed by atoms with Gasteiger partial charge in [-0.15, -0.1) is 12.4 Å². The van der Waals surface area contributed by atoms with Crippen LogP contribution in [0.5, 0.6) is 0 Å². The predicted octanol–water partition coefficient (Wildman–Crippen LogP) is 2.86. The third-order valence-corrected chi connectivity index (χ3v) is 5.84. The van der Waals surface area contributed by atoms with E-state index in [0.717, 1.165) is 5.56 Å². The summed E-state index contributed by atoms with van der Waals surface area (Å²) in [5, 5.41) is 11.3. The lowest BCUT2D eigenvalue weighted by Crippen LogP contribution is -2.33. The molecule has 0 atom stereocenters. The topological polar surface area (TPSA) is 107 Å². The van der Waals surface area contributed by atoms with Crippen molar-refractivity contribution in [1.29, 1.82) is 0 Å². The Morgan fingerprint density at radius 1 is 1.12 bits per heavy atom. The van der Waals surface area contributed by atoms with Gasteiger partial charge in [0.25, 0.3) is 5.69 Å². The van der Waals surface area contributed by atoms with Crippen LogP contribution in [0.1, 0.15) is 17.5 Å². The standard InChI is InChI=1S/C17H21N3O4S.ClH/c1-14-7-5-10-16(20(21)22)17(14)25(23,24)19(12-6-11-18)13-15-8-3-2-4-9-15;/h2-5,7-10H,6,11-13,18H2,1H3;1H. The highest BCUT2D eigenvalue weighted by Crippen LogP contribution is 2.30. The van der Waals surface area contributed by atoms with Gasteiger partial charge in [-0.1, -0.05) is 42.5 Å². The number of nitro groups is 1. The van der Waals surface area contributed by atoms with Crippen molar-refractivity contribution < 1.29 is 13.3 Å². The van der Waals surface area contributed by atoms with Crippen molar-refractivity contribution in [3.8, 4) is 0 Å². The molecule has 26 heavy (non-hydrogen) atoms. The normalized spacial score (nSPS) is 11.2. The van der Waals surface area contributed by atoms with Gasteiger partial charge in [0, 0.05) is 19.2 Å². The Morgan fingerprint density at radius 2 is 1.77 bits per heavy atom. The lowest BCUT2D eigenvalue weighted by atomic mass is 10.2. The van der Waals surface area contributed by atoms with Gasteiger partial charge in [0.15, 0.2) is 4.90 Å². The maximum Gasteiger partial charge on any atom is 0.289 e. The summed E-state index contributed by atoms with van der Waals surface area (Å²) in [6, 6.07) is 13.4. The molecule has 0 aliphatic carbocycles. The summed E-state index contributed by atoms with van der Waals surface area (Å²) in [5.41, 5.74) is 6.27. The Hall–Kier alpha value is -2.00. The Balaban J connectivity index is 0.00000338. The lowest BCUT2D eigenvalue weighted by molar-refractivity contribution is -0.387. The maximum atomic E-state index is 13.2. The molecule has 0 heterocycles. The van der Waals surface area contributed by atoms with Crippen molar-refractivity contribution in [3.05, 3.63) is 69.8 Å².